The minimum Gasteiger partial charge on any atom is -0.452 e. The number of imide groups is 1. The molecule has 4 atom stereocenters. The summed E-state index contributed by atoms with van der Waals surface area (Å²) in [6.45, 7) is -0.790. The van der Waals surface area contributed by atoms with Crippen molar-refractivity contribution in [3.05, 3.63) is 59.7 Å². The molecule has 2 aromatic carbocycles. The normalized spacial score (nSPS) is 25.1. The van der Waals surface area contributed by atoms with E-state index >= 15 is 0 Å². The number of fused-ring (bicyclic) bond motifs is 5. The van der Waals surface area contributed by atoms with Crippen LogP contribution in [0.25, 0.3) is 0 Å². The summed E-state index contributed by atoms with van der Waals surface area (Å²) in [6.07, 6.45) is -1.78. The number of hydrogen-bond donors (Lipinski definition) is 1. The zero-order valence-electron chi connectivity index (χ0n) is 18.4. The number of esters is 1. The van der Waals surface area contributed by atoms with E-state index in [2.05, 4.69) is 5.32 Å². The number of halogens is 3. The van der Waals surface area contributed by atoms with Gasteiger partial charge in [0.05, 0.1) is 34.3 Å². The fraction of sp³-hybridized carbons (Fsp3) is 0.360. The molecule has 3 aliphatic rings. The smallest absolute Gasteiger partial charge is 0.418 e. The van der Waals surface area contributed by atoms with Gasteiger partial charge in [0.1, 0.15) is 0 Å². The average molecular weight is 486 g/mol. The first-order chi connectivity index (χ1) is 16.6. The molecule has 0 spiro atoms. The van der Waals surface area contributed by atoms with Gasteiger partial charge in [-0.15, -0.1) is 0 Å². The number of amides is 3. The minimum absolute atomic E-state index is 0.0663. The molecule has 182 valence electrons. The van der Waals surface area contributed by atoms with Crippen LogP contribution in [0, 0.1) is 23.7 Å². The number of alkyl halides is 3. The number of hydrogen-bond acceptors (Lipinski definition) is 5. The minimum atomic E-state index is -4.65. The van der Waals surface area contributed by atoms with Gasteiger partial charge in [0.15, 0.2) is 6.61 Å². The summed E-state index contributed by atoms with van der Waals surface area (Å²) in [4.78, 5) is 51.4. The number of nitrogens with one attached hydrogen (secondary N) is 1. The van der Waals surface area contributed by atoms with Crippen molar-refractivity contribution in [2.45, 2.75) is 25.4 Å². The Kier molecular flexibility index (Phi) is 5.61. The van der Waals surface area contributed by atoms with Crippen molar-refractivity contribution in [3.63, 3.8) is 0 Å². The van der Waals surface area contributed by atoms with Gasteiger partial charge in [-0.2, -0.15) is 13.2 Å². The zero-order valence-corrected chi connectivity index (χ0v) is 18.4. The maximum Gasteiger partial charge on any atom is 0.418 e. The Hall–Kier alpha value is -3.69. The average Bonchev–Trinajstić information content (AvgIpc) is 3.51. The first-order valence-corrected chi connectivity index (χ1v) is 11.3. The van der Waals surface area contributed by atoms with Crippen LogP contribution in [0.3, 0.4) is 0 Å². The van der Waals surface area contributed by atoms with Crippen LogP contribution in [0.5, 0.6) is 0 Å². The van der Waals surface area contributed by atoms with Crippen molar-refractivity contribution < 1.29 is 37.1 Å². The third kappa shape index (κ3) is 4.06. The summed E-state index contributed by atoms with van der Waals surface area (Å²) in [6, 6.07) is 10.1. The second kappa shape index (κ2) is 8.51. The largest absolute Gasteiger partial charge is 0.452 e. The van der Waals surface area contributed by atoms with E-state index in [9.17, 15) is 32.3 Å². The lowest BCUT2D eigenvalue weighted by atomic mass is 9.81. The Morgan fingerprint density at radius 1 is 0.943 bits per heavy atom. The van der Waals surface area contributed by atoms with E-state index in [-0.39, 0.29) is 41.0 Å². The van der Waals surface area contributed by atoms with E-state index in [1.807, 2.05) is 0 Å². The molecule has 1 N–H and O–H groups in total. The fourth-order valence-electron chi connectivity index (χ4n) is 5.65. The predicted molar refractivity (Wildman–Crippen MR) is 117 cm³/mol. The third-order valence-electron chi connectivity index (χ3n) is 7.13. The molecule has 2 saturated carbocycles. The molecule has 10 heteroatoms. The standard InChI is InChI=1S/C25H21F3N2O5/c26-25(27,28)17-3-1-2-4-18(17)29-19(31)12-35-24(34)13-7-9-16(10-8-13)30-22(32)20-14-5-6-15(11-14)21(20)23(30)33/h1-4,7-10,14-15,20-21H,5-6,11-12H2,(H,29,31)/t14-,15-,20-,21-/m0/s1. The van der Waals surface area contributed by atoms with E-state index < -0.39 is 35.9 Å². The molecule has 1 aliphatic heterocycles. The molecule has 35 heavy (non-hydrogen) atoms. The molecule has 5 rings (SSSR count). The second-order valence-electron chi connectivity index (χ2n) is 9.11. The Labute approximate surface area is 198 Å². The first kappa shape index (κ1) is 23.1. The molecular formula is C25H21F3N2O5. The van der Waals surface area contributed by atoms with Gasteiger partial charge in [0, 0.05) is 0 Å². The second-order valence-corrected chi connectivity index (χ2v) is 9.11. The summed E-state index contributed by atoms with van der Waals surface area (Å²) < 4.78 is 44.1. The molecule has 1 heterocycles. The Balaban J connectivity index is 1.20. The molecule has 3 fully saturated rings. The molecule has 1 saturated heterocycles. The maximum absolute atomic E-state index is 13.1. The van der Waals surface area contributed by atoms with Crippen molar-refractivity contribution >= 4 is 35.1 Å². The highest BCUT2D eigenvalue weighted by atomic mass is 19.4. The summed E-state index contributed by atoms with van der Waals surface area (Å²) >= 11 is 0. The van der Waals surface area contributed by atoms with E-state index in [0.717, 1.165) is 31.4 Å². The summed E-state index contributed by atoms with van der Waals surface area (Å²) in [5, 5.41) is 2.09. The van der Waals surface area contributed by atoms with Gasteiger partial charge >= 0.3 is 12.1 Å². The number of anilines is 2. The number of carbonyl (C=O) groups excluding carboxylic acids is 4. The van der Waals surface area contributed by atoms with E-state index in [1.165, 1.54) is 41.3 Å². The molecule has 3 amide bonds. The van der Waals surface area contributed by atoms with Crippen molar-refractivity contribution in [2.24, 2.45) is 23.7 Å². The summed E-state index contributed by atoms with van der Waals surface area (Å²) in [5.41, 5.74) is -1.02. The fourth-order valence-corrected chi connectivity index (χ4v) is 5.65. The van der Waals surface area contributed by atoms with Gasteiger partial charge in [-0.1, -0.05) is 12.1 Å². The van der Waals surface area contributed by atoms with Gasteiger partial charge in [0.25, 0.3) is 5.91 Å². The van der Waals surface area contributed by atoms with Gasteiger partial charge < -0.3 is 10.1 Å². The van der Waals surface area contributed by atoms with Crippen molar-refractivity contribution in [3.8, 4) is 0 Å². The third-order valence-corrected chi connectivity index (χ3v) is 7.13. The molecule has 0 radical (unpaired) electrons. The SMILES string of the molecule is O=C(COC(=O)c1ccc(N2C(=O)[C@H]3[C@H]4CC[C@@H](C4)[C@@H]3C2=O)cc1)Nc1ccccc1C(F)(F)F. The van der Waals surface area contributed by atoms with Crippen LogP contribution in [-0.4, -0.2) is 30.3 Å². The van der Waals surface area contributed by atoms with Gasteiger partial charge in [-0.3, -0.25) is 19.3 Å². The highest BCUT2D eigenvalue weighted by Crippen LogP contribution is 2.56. The molecule has 2 aliphatic carbocycles. The highest BCUT2D eigenvalue weighted by Gasteiger charge is 2.61. The van der Waals surface area contributed by atoms with Crippen LogP contribution in [0.4, 0.5) is 24.5 Å². The van der Waals surface area contributed by atoms with E-state index in [0.29, 0.717) is 5.69 Å². The van der Waals surface area contributed by atoms with Crippen LogP contribution in [0.15, 0.2) is 48.5 Å². The van der Waals surface area contributed by atoms with Crippen LogP contribution in [-0.2, 0) is 25.3 Å². The summed E-state index contributed by atoms with van der Waals surface area (Å²) in [5.74, 6) is -2.19. The van der Waals surface area contributed by atoms with Crippen molar-refractivity contribution in [1.29, 1.82) is 0 Å². The Morgan fingerprint density at radius 3 is 2.14 bits per heavy atom. The number of nitrogens with zero attached hydrogens (tertiary/aromatic N) is 1. The number of ether oxygens (including phenoxy) is 1. The van der Waals surface area contributed by atoms with E-state index in [1.54, 1.807) is 0 Å². The maximum atomic E-state index is 13.1. The molecule has 2 aromatic rings. The lowest BCUT2D eigenvalue weighted by Crippen LogP contribution is -2.32. The highest BCUT2D eigenvalue weighted by molar-refractivity contribution is 6.22. The topological polar surface area (TPSA) is 92.8 Å². The van der Waals surface area contributed by atoms with Gasteiger partial charge in [-0.25, -0.2) is 4.79 Å². The van der Waals surface area contributed by atoms with E-state index in [4.69, 9.17) is 4.74 Å². The number of para-hydroxylation sites is 1. The molecule has 0 unspecified atom stereocenters. The quantitative estimate of drug-likeness (QED) is 0.509. The van der Waals surface area contributed by atoms with Gasteiger partial charge in [-0.05, 0) is 67.5 Å². The van der Waals surface area contributed by atoms with Crippen LogP contribution in [0.1, 0.15) is 35.2 Å². The summed E-state index contributed by atoms with van der Waals surface area (Å²) in [7, 11) is 0. The number of benzene rings is 2. The predicted octanol–water partition coefficient (Wildman–Crippen LogP) is 4.04. The Bertz CT molecular complexity index is 1180. The van der Waals surface area contributed by atoms with Crippen LogP contribution < -0.4 is 10.2 Å². The Morgan fingerprint density at radius 2 is 1.54 bits per heavy atom. The molecule has 0 aromatic heterocycles. The lowest BCUT2D eigenvalue weighted by Gasteiger charge is -2.19. The molecule has 2 bridgehead atoms. The monoisotopic (exact) mass is 486 g/mol. The van der Waals surface area contributed by atoms with Gasteiger partial charge in [0.2, 0.25) is 11.8 Å². The number of carbonyl (C=O) groups is 4. The zero-order chi connectivity index (χ0) is 24.9. The number of rotatable bonds is 5. The van der Waals surface area contributed by atoms with Crippen LogP contribution >= 0.6 is 0 Å². The molecule has 7 nitrogen and oxygen atoms in total. The van der Waals surface area contributed by atoms with Crippen LogP contribution in [0.2, 0.25) is 0 Å². The molecular weight excluding hydrogens is 465 g/mol. The van der Waals surface area contributed by atoms with Crippen molar-refractivity contribution in [1.82, 2.24) is 0 Å². The lowest BCUT2D eigenvalue weighted by molar-refractivity contribution is -0.137. The van der Waals surface area contributed by atoms with Crippen molar-refractivity contribution in [2.75, 3.05) is 16.8 Å². The first-order valence-electron chi connectivity index (χ1n) is 11.3.